The highest BCUT2D eigenvalue weighted by atomic mass is 35.5. The van der Waals surface area contributed by atoms with Gasteiger partial charge < -0.3 is 10.1 Å². The van der Waals surface area contributed by atoms with E-state index in [-0.39, 0.29) is 5.91 Å². The Balaban J connectivity index is 1.82. The molecule has 116 valence electrons. The zero-order valence-corrected chi connectivity index (χ0v) is 13.4. The highest BCUT2D eigenvalue weighted by Gasteiger charge is 2.07. The number of hydrogen-bond donors (Lipinski definition) is 1. The monoisotopic (exact) mass is 317 g/mol. The van der Waals surface area contributed by atoms with E-state index in [1.807, 2.05) is 55.5 Å². The van der Waals surface area contributed by atoms with Gasteiger partial charge in [-0.1, -0.05) is 35.9 Å². The number of nitrogens with one attached hydrogen (secondary N) is 1. The first kappa shape index (κ1) is 16.4. The number of rotatable bonds is 7. The van der Waals surface area contributed by atoms with E-state index in [0.29, 0.717) is 18.8 Å². The summed E-state index contributed by atoms with van der Waals surface area (Å²) in [5.74, 6) is 0.706. The van der Waals surface area contributed by atoms with Crippen LogP contribution in [0.25, 0.3) is 0 Å². The average Bonchev–Trinajstić information content (AvgIpc) is 2.51. The van der Waals surface area contributed by atoms with Crippen molar-refractivity contribution < 1.29 is 9.53 Å². The maximum atomic E-state index is 12.0. The first-order chi connectivity index (χ1) is 10.7. The topological polar surface area (TPSA) is 38.3 Å². The molecule has 0 fully saturated rings. The van der Waals surface area contributed by atoms with Crippen molar-refractivity contribution in [1.82, 2.24) is 0 Å². The molecule has 3 nitrogen and oxygen atoms in total. The van der Waals surface area contributed by atoms with E-state index in [2.05, 4.69) is 5.32 Å². The molecule has 0 heterocycles. The van der Waals surface area contributed by atoms with Crippen LogP contribution >= 0.6 is 11.6 Å². The second-order valence-corrected chi connectivity index (χ2v) is 5.39. The largest absolute Gasteiger partial charge is 0.492 e. The number of hydrogen-bond acceptors (Lipinski definition) is 2. The van der Waals surface area contributed by atoms with Gasteiger partial charge in [-0.3, -0.25) is 4.79 Å². The van der Waals surface area contributed by atoms with Gasteiger partial charge in [-0.25, -0.2) is 0 Å². The van der Waals surface area contributed by atoms with Crippen LogP contribution in [-0.4, -0.2) is 12.5 Å². The molecule has 4 heteroatoms. The highest BCUT2D eigenvalue weighted by Crippen LogP contribution is 2.24. The molecule has 1 N–H and O–H groups in total. The third-order valence-corrected chi connectivity index (χ3v) is 3.50. The van der Waals surface area contributed by atoms with Crippen molar-refractivity contribution in [1.29, 1.82) is 0 Å². The lowest BCUT2D eigenvalue weighted by Crippen LogP contribution is -2.12. The fourth-order valence-corrected chi connectivity index (χ4v) is 2.29. The molecule has 1 amide bonds. The van der Waals surface area contributed by atoms with E-state index in [1.54, 1.807) is 0 Å². The van der Waals surface area contributed by atoms with Gasteiger partial charge in [0.25, 0.3) is 0 Å². The quantitative estimate of drug-likeness (QED) is 0.803. The number of benzene rings is 2. The molecule has 0 atom stereocenters. The van der Waals surface area contributed by atoms with Crippen LogP contribution in [0.5, 0.6) is 5.75 Å². The summed E-state index contributed by atoms with van der Waals surface area (Å²) < 4.78 is 5.50. The maximum Gasteiger partial charge on any atom is 0.224 e. The lowest BCUT2D eigenvalue weighted by atomic mass is 10.1. The summed E-state index contributed by atoms with van der Waals surface area (Å²) in [7, 11) is 0. The molecule has 0 saturated carbocycles. The Labute approximate surface area is 136 Å². The number of carbonyl (C=O) groups is 1. The minimum atomic E-state index is 0.00103. The Bertz CT molecular complexity index is 611. The Kier molecular flexibility index (Phi) is 6.28. The normalized spacial score (nSPS) is 10.3. The Morgan fingerprint density at radius 2 is 1.86 bits per heavy atom. The molecular weight excluding hydrogens is 298 g/mol. The molecule has 0 spiro atoms. The van der Waals surface area contributed by atoms with E-state index < -0.39 is 0 Å². The predicted molar refractivity (Wildman–Crippen MR) is 90.6 cm³/mol. The fraction of sp³-hybridized carbons (Fsp3) is 0.278. The van der Waals surface area contributed by atoms with Gasteiger partial charge in [0.1, 0.15) is 5.75 Å². The Morgan fingerprint density at radius 1 is 1.14 bits per heavy atom. The van der Waals surface area contributed by atoms with Gasteiger partial charge in [0.2, 0.25) is 5.91 Å². The summed E-state index contributed by atoms with van der Waals surface area (Å²) in [6.07, 6.45) is 2.13. The van der Waals surface area contributed by atoms with Gasteiger partial charge in [-0.05, 0) is 49.6 Å². The van der Waals surface area contributed by atoms with Gasteiger partial charge in [0, 0.05) is 11.4 Å². The van der Waals surface area contributed by atoms with Gasteiger partial charge >= 0.3 is 0 Å². The van der Waals surface area contributed by atoms with E-state index in [1.165, 1.54) is 5.56 Å². The van der Waals surface area contributed by atoms with Crippen molar-refractivity contribution >= 4 is 23.2 Å². The molecule has 0 radical (unpaired) electrons. The summed E-state index contributed by atoms with van der Waals surface area (Å²) >= 11 is 5.85. The number of carbonyl (C=O) groups excluding carboxylic acids is 1. The first-order valence-electron chi connectivity index (χ1n) is 7.45. The molecule has 0 unspecified atom stereocenters. The molecule has 2 rings (SSSR count). The second-order valence-electron chi connectivity index (χ2n) is 4.96. The lowest BCUT2D eigenvalue weighted by molar-refractivity contribution is -0.116. The number of aryl methyl sites for hydroxylation is 1. The van der Waals surface area contributed by atoms with Crippen LogP contribution in [0.4, 0.5) is 5.69 Å². The molecule has 2 aromatic rings. The first-order valence-corrected chi connectivity index (χ1v) is 7.83. The standard InChI is InChI=1S/C18H20ClNO2/c1-2-22-17-8-4-3-7-16(17)20-18(21)9-5-6-14-10-12-15(19)13-11-14/h3-4,7-8,10-13H,2,5-6,9H2,1H3,(H,20,21). The van der Waals surface area contributed by atoms with Gasteiger partial charge in [-0.2, -0.15) is 0 Å². The molecule has 0 aromatic heterocycles. The molecule has 0 aliphatic rings. The van der Waals surface area contributed by atoms with Crippen LogP contribution in [0.15, 0.2) is 48.5 Å². The minimum Gasteiger partial charge on any atom is -0.492 e. The molecule has 0 aliphatic heterocycles. The third-order valence-electron chi connectivity index (χ3n) is 3.24. The molecule has 2 aromatic carbocycles. The van der Waals surface area contributed by atoms with Crippen LogP contribution in [-0.2, 0) is 11.2 Å². The van der Waals surface area contributed by atoms with Crippen LogP contribution in [0.1, 0.15) is 25.3 Å². The zero-order valence-electron chi connectivity index (χ0n) is 12.6. The third kappa shape index (κ3) is 5.08. The Morgan fingerprint density at radius 3 is 2.59 bits per heavy atom. The fourth-order valence-electron chi connectivity index (χ4n) is 2.17. The smallest absolute Gasteiger partial charge is 0.224 e. The number of halogens is 1. The highest BCUT2D eigenvalue weighted by molar-refractivity contribution is 6.30. The Hall–Kier alpha value is -2.00. The summed E-state index contributed by atoms with van der Waals surface area (Å²) in [6, 6.07) is 15.2. The van der Waals surface area contributed by atoms with Crippen LogP contribution in [0.2, 0.25) is 5.02 Å². The van der Waals surface area contributed by atoms with Crippen LogP contribution in [0.3, 0.4) is 0 Å². The van der Waals surface area contributed by atoms with E-state index in [4.69, 9.17) is 16.3 Å². The zero-order chi connectivity index (χ0) is 15.8. The molecule has 0 bridgehead atoms. The van der Waals surface area contributed by atoms with Crippen molar-refractivity contribution in [3.05, 3.63) is 59.1 Å². The SMILES string of the molecule is CCOc1ccccc1NC(=O)CCCc1ccc(Cl)cc1. The predicted octanol–water partition coefficient (Wildman–Crippen LogP) is 4.70. The van der Waals surface area contributed by atoms with Gasteiger partial charge in [0.15, 0.2) is 0 Å². The average molecular weight is 318 g/mol. The van der Waals surface area contributed by atoms with Crippen LogP contribution in [0, 0.1) is 0 Å². The van der Waals surface area contributed by atoms with E-state index >= 15 is 0 Å². The number of amides is 1. The summed E-state index contributed by atoms with van der Waals surface area (Å²) in [6.45, 7) is 2.49. The summed E-state index contributed by atoms with van der Waals surface area (Å²) in [5.41, 5.74) is 1.91. The number of para-hydroxylation sites is 2. The number of ether oxygens (including phenoxy) is 1. The van der Waals surface area contributed by atoms with E-state index in [9.17, 15) is 4.79 Å². The van der Waals surface area contributed by atoms with Gasteiger partial charge in [0.05, 0.1) is 12.3 Å². The molecular formula is C18H20ClNO2. The lowest BCUT2D eigenvalue weighted by Gasteiger charge is -2.11. The van der Waals surface area contributed by atoms with Crippen molar-refractivity contribution in [2.45, 2.75) is 26.2 Å². The van der Waals surface area contributed by atoms with Crippen molar-refractivity contribution in [3.63, 3.8) is 0 Å². The summed E-state index contributed by atoms with van der Waals surface area (Å²) in [4.78, 5) is 12.0. The van der Waals surface area contributed by atoms with Crippen molar-refractivity contribution in [2.75, 3.05) is 11.9 Å². The number of anilines is 1. The maximum absolute atomic E-state index is 12.0. The minimum absolute atomic E-state index is 0.00103. The molecule has 22 heavy (non-hydrogen) atoms. The van der Waals surface area contributed by atoms with Crippen LogP contribution < -0.4 is 10.1 Å². The second kappa shape index (κ2) is 8.44. The van der Waals surface area contributed by atoms with Crippen molar-refractivity contribution in [3.8, 4) is 5.75 Å². The van der Waals surface area contributed by atoms with Gasteiger partial charge in [-0.15, -0.1) is 0 Å². The summed E-state index contributed by atoms with van der Waals surface area (Å²) in [5, 5.41) is 3.64. The van der Waals surface area contributed by atoms with Crippen molar-refractivity contribution in [2.24, 2.45) is 0 Å². The molecule has 0 saturated heterocycles. The molecule has 0 aliphatic carbocycles. The van der Waals surface area contributed by atoms with E-state index in [0.717, 1.165) is 23.6 Å².